The van der Waals surface area contributed by atoms with Crippen LogP contribution >= 0.6 is 0 Å². The monoisotopic (exact) mass is 325 g/mol. The van der Waals surface area contributed by atoms with Crippen LogP contribution in [0.15, 0.2) is 28.8 Å². The molecule has 1 fully saturated rings. The van der Waals surface area contributed by atoms with E-state index in [2.05, 4.69) is 21.5 Å². The summed E-state index contributed by atoms with van der Waals surface area (Å²) in [6.07, 6.45) is 2.54. The molecule has 1 saturated heterocycles. The van der Waals surface area contributed by atoms with Gasteiger partial charge in [0.25, 0.3) is 0 Å². The summed E-state index contributed by atoms with van der Waals surface area (Å²) in [6.45, 7) is 3.22. The quantitative estimate of drug-likeness (QED) is 0.936. The van der Waals surface area contributed by atoms with Gasteiger partial charge in [0.05, 0.1) is 11.6 Å². The van der Waals surface area contributed by atoms with E-state index in [1.807, 2.05) is 6.92 Å². The van der Waals surface area contributed by atoms with E-state index in [9.17, 15) is 4.79 Å². The number of nitrogens with one attached hydrogen (secondary N) is 1. The molecule has 1 aliphatic rings. The Labute approximate surface area is 140 Å². The third kappa shape index (κ3) is 3.54. The first-order chi connectivity index (χ1) is 11.7. The van der Waals surface area contributed by atoms with Crippen molar-refractivity contribution in [3.8, 4) is 6.07 Å². The SMILES string of the molecule is CCc1nc(C2CCCN(C(=O)Nc3cccc(C#N)c3)C2)no1. The molecule has 0 saturated carbocycles. The van der Waals surface area contributed by atoms with Gasteiger partial charge < -0.3 is 14.7 Å². The first-order valence-corrected chi connectivity index (χ1v) is 8.08. The van der Waals surface area contributed by atoms with Crippen molar-refractivity contribution in [2.45, 2.75) is 32.1 Å². The summed E-state index contributed by atoms with van der Waals surface area (Å²) < 4.78 is 5.17. The van der Waals surface area contributed by atoms with Gasteiger partial charge in [-0.2, -0.15) is 10.2 Å². The Hall–Kier alpha value is -2.88. The fraction of sp³-hybridized carbons (Fsp3) is 0.412. The van der Waals surface area contributed by atoms with E-state index in [4.69, 9.17) is 9.78 Å². The second-order valence-corrected chi connectivity index (χ2v) is 5.81. The first kappa shape index (κ1) is 16.0. The zero-order chi connectivity index (χ0) is 16.9. The van der Waals surface area contributed by atoms with Crippen LogP contribution in [0.25, 0.3) is 0 Å². The molecule has 0 radical (unpaired) electrons. The van der Waals surface area contributed by atoms with E-state index in [-0.39, 0.29) is 11.9 Å². The van der Waals surface area contributed by atoms with Crippen LogP contribution in [0.2, 0.25) is 0 Å². The van der Waals surface area contributed by atoms with Gasteiger partial charge in [0.15, 0.2) is 5.82 Å². The van der Waals surface area contributed by atoms with Crippen molar-refractivity contribution in [2.24, 2.45) is 0 Å². The van der Waals surface area contributed by atoms with Crippen molar-refractivity contribution in [1.29, 1.82) is 5.26 Å². The fourth-order valence-corrected chi connectivity index (χ4v) is 2.82. The van der Waals surface area contributed by atoms with Gasteiger partial charge in [-0.1, -0.05) is 18.1 Å². The molecule has 1 atom stereocenters. The number of rotatable bonds is 3. The van der Waals surface area contributed by atoms with Gasteiger partial charge in [-0.25, -0.2) is 4.79 Å². The lowest BCUT2D eigenvalue weighted by Crippen LogP contribution is -2.41. The molecule has 2 amide bonds. The van der Waals surface area contributed by atoms with Crippen LogP contribution in [0, 0.1) is 11.3 Å². The summed E-state index contributed by atoms with van der Waals surface area (Å²) in [4.78, 5) is 18.6. The Balaban J connectivity index is 1.65. The number of hydrogen-bond donors (Lipinski definition) is 1. The second-order valence-electron chi connectivity index (χ2n) is 5.81. The van der Waals surface area contributed by atoms with E-state index < -0.39 is 0 Å². The van der Waals surface area contributed by atoms with Crippen molar-refractivity contribution in [3.63, 3.8) is 0 Å². The number of likely N-dealkylation sites (tertiary alicyclic amines) is 1. The lowest BCUT2D eigenvalue weighted by atomic mass is 9.97. The summed E-state index contributed by atoms with van der Waals surface area (Å²) in [5.41, 5.74) is 1.14. The molecule has 2 aromatic rings. The molecule has 1 aliphatic heterocycles. The minimum atomic E-state index is -0.172. The molecular weight excluding hydrogens is 306 g/mol. The average molecular weight is 325 g/mol. The minimum absolute atomic E-state index is 0.0963. The Morgan fingerprint density at radius 3 is 3.17 bits per heavy atom. The normalized spacial score (nSPS) is 17.3. The van der Waals surface area contributed by atoms with Crippen molar-refractivity contribution in [3.05, 3.63) is 41.5 Å². The van der Waals surface area contributed by atoms with Gasteiger partial charge >= 0.3 is 6.03 Å². The molecule has 24 heavy (non-hydrogen) atoms. The Kier molecular flexibility index (Phi) is 4.75. The van der Waals surface area contributed by atoms with Crippen LogP contribution in [-0.2, 0) is 6.42 Å². The predicted octanol–water partition coefficient (Wildman–Crippen LogP) is 2.92. The number of urea groups is 1. The zero-order valence-corrected chi connectivity index (χ0v) is 13.5. The summed E-state index contributed by atoms with van der Waals surface area (Å²) >= 11 is 0. The van der Waals surface area contributed by atoms with Crippen LogP contribution in [-0.4, -0.2) is 34.2 Å². The van der Waals surface area contributed by atoms with Crippen LogP contribution in [0.3, 0.4) is 0 Å². The smallest absolute Gasteiger partial charge is 0.321 e. The van der Waals surface area contributed by atoms with Gasteiger partial charge in [-0.15, -0.1) is 0 Å². The zero-order valence-electron chi connectivity index (χ0n) is 13.5. The van der Waals surface area contributed by atoms with Crippen LogP contribution in [0.1, 0.15) is 43.0 Å². The molecular formula is C17H19N5O2. The number of piperidine rings is 1. The number of carbonyl (C=O) groups excluding carboxylic acids is 1. The Bertz CT molecular complexity index is 764. The maximum absolute atomic E-state index is 12.5. The lowest BCUT2D eigenvalue weighted by molar-refractivity contribution is 0.190. The third-order valence-electron chi connectivity index (χ3n) is 4.10. The summed E-state index contributed by atoms with van der Waals surface area (Å²) in [7, 11) is 0. The van der Waals surface area contributed by atoms with Gasteiger partial charge in [-0.05, 0) is 31.0 Å². The van der Waals surface area contributed by atoms with Crippen LogP contribution in [0.5, 0.6) is 0 Å². The first-order valence-electron chi connectivity index (χ1n) is 8.08. The van der Waals surface area contributed by atoms with E-state index in [0.717, 1.165) is 12.8 Å². The molecule has 1 unspecified atom stereocenters. The van der Waals surface area contributed by atoms with Crippen molar-refractivity contribution in [2.75, 3.05) is 18.4 Å². The van der Waals surface area contributed by atoms with E-state index in [1.165, 1.54) is 0 Å². The highest BCUT2D eigenvalue weighted by Gasteiger charge is 2.28. The maximum Gasteiger partial charge on any atom is 0.321 e. The van der Waals surface area contributed by atoms with Crippen LogP contribution < -0.4 is 5.32 Å². The number of nitrogens with zero attached hydrogens (tertiary/aromatic N) is 4. The van der Waals surface area contributed by atoms with Gasteiger partial charge in [0, 0.05) is 31.1 Å². The number of amides is 2. The second kappa shape index (κ2) is 7.13. The van der Waals surface area contributed by atoms with Gasteiger partial charge in [0.1, 0.15) is 0 Å². The number of benzene rings is 1. The largest absolute Gasteiger partial charge is 0.339 e. The van der Waals surface area contributed by atoms with Crippen molar-refractivity contribution >= 4 is 11.7 Å². The summed E-state index contributed by atoms with van der Waals surface area (Å²) in [6, 6.07) is 8.77. The fourth-order valence-electron chi connectivity index (χ4n) is 2.82. The number of hydrogen-bond acceptors (Lipinski definition) is 5. The number of aryl methyl sites for hydroxylation is 1. The highest BCUT2D eigenvalue weighted by molar-refractivity contribution is 5.89. The number of anilines is 1. The number of carbonyl (C=O) groups is 1. The minimum Gasteiger partial charge on any atom is -0.339 e. The molecule has 124 valence electrons. The number of nitriles is 1. The molecule has 0 bridgehead atoms. The molecule has 3 rings (SSSR count). The Morgan fingerprint density at radius 2 is 2.42 bits per heavy atom. The molecule has 0 spiro atoms. The summed E-state index contributed by atoms with van der Waals surface area (Å²) in [5.74, 6) is 1.40. The number of aromatic nitrogens is 2. The maximum atomic E-state index is 12.5. The molecule has 1 aromatic heterocycles. The molecule has 2 heterocycles. The van der Waals surface area contributed by atoms with E-state index >= 15 is 0 Å². The Morgan fingerprint density at radius 1 is 1.54 bits per heavy atom. The average Bonchev–Trinajstić information content (AvgIpc) is 3.11. The lowest BCUT2D eigenvalue weighted by Gasteiger charge is -2.31. The van der Waals surface area contributed by atoms with Crippen molar-refractivity contribution < 1.29 is 9.32 Å². The topological polar surface area (TPSA) is 95.1 Å². The molecule has 1 aromatic carbocycles. The highest BCUT2D eigenvalue weighted by Crippen LogP contribution is 2.25. The molecule has 1 N–H and O–H groups in total. The van der Waals surface area contributed by atoms with E-state index in [1.54, 1.807) is 29.2 Å². The highest BCUT2D eigenvalue weighted by atomic mass is 16.5. The molecule has 7 nitrogen and oxygen atoms in total. The van der Waals surface area contributed by atoms with Gasteiger partial charge in [-0.3, -0.25) is 0 Å². The molecule has 7 heteroatoms. The molecule has 0 aliphatic carbocycles. The predicted molar refractivity (Wildman–Crippen MR) is 87.4 cm³/mol. The standard InChI is InChI=1S/C17H19N5O2/c1-2-15-20-16(21-24-15)13-6-4-8-22(11-13)17(23)19-14-7-3-5-12(9-14)10-18/h3,5,7,9,13H,2,4,6,8,11H2,1H3,(H,19,23). The van der Waals surface area contributed by atoms with Gasteiger partial charge in [0.2, 0.25) is 5.89 Å². The third-order valence-corrected chi connectivity index (χ3v) is 4.10. The van der Waals surface area contributed by atoms with E-state index in [0.29, 0.717) is 42.5 Å². The van der Waals surface area contributed by atoms with Crippen LogP contribution in [0.4, 0.5) is 10.5 Å². The van der Waals surface area contributed by atoms with Crippen molar-refractivity contribution in [1.82, 2.24) is 15.0 Å². The summed E-state index contributed by atoms with van der Waals surface area (Å²) in [5, 5.41) is 15.8.